The van der Waals surface area contributed by atoms with Gasteiger partial charge in [-0.25, -0.2) is 5.84 Å². The Kier molecular flexibility index (Phi) is 4.65. The number of thioether (sulfide) groups is 1. The molecule has 1 aromatic rings. The number of rotatable bonds is 4. The molecular formula is C11H16N2OS. The Bertz CT molecular complexity index is 324. The zero-order valence-electron chi connectivity index (χ0n) is 8.99. The molecule has 1 unspecified atom stereocenters. The lowest BCUT2D eigenvalue weighted by Gasteiger charge is -2.12. The largest absolute Gasteiger partial charge is 0.293 e. The predicted octanol–water partition coefficient (Wildman–Crippen LogP) is 1.86. The molecule has 0 spiro atoms. The molecule has 0 aliphatic carbocycles. The van der Waals surface area contributed by atoms with Gasteiger partial charge in [-0.15, -0.1) is 11.8 Å². The fourth-order valence-electron chi connectivity index (χ4n) is 1.20. The Hall–Kier alpha value is -1.00. The smallest absolute Gasteiger partial charge is 0.247 e. The number of hydrazine groups is 1. The van der Waals surface area contributed by atoms with Crippen LogP contribution in [0.1, 0.15) is 18.9 Å². The minimum atomic E-state index is -0.122. The molecule has 15 heavy (non-hydrogen) atoms. The van der Waals surface area contributed by atoms with Gasteiger partial charge in [-0.3, -0.25) is 10.2 Å². The number of hydrogen-bond donors (Lipinski definition) is 2. The zero-order valence-corrected chi connectivity index (χ0v) is 9.80. The quantitative estimate of drug-likeness (QED) is 0.355. The van der Waals surface area contributed by atoms with Crippen LogP contribution in [0.5, 0.6) is 0 Å². The highest BCUT2D eigenvalue weighted by atomic mass is 32.2. The molecule has 0 saturated carbocycles. The zero-order chi connectivity index (χ0) is 11.3. The summed E-state index contributed by atoms with van der Waals surface area (Å²) in [6.45, 7) is 4.01. The van der Waals surface area contributed by atoms with Crippen LogP contribution in [0, 0.1) is 6.92 Å². The second kappa shape index (κ2) is 5.78. The Morgan fingerprint density at radius 1 is 1.47 bits per heavy atom. The van der Waals surface area contributed by atoms with E-state index in [9.17, 15) is 4.79 Å². The number of amides is 1. The van der Waals surface area contributed by atoms with E-state index in [2.05, 4.69) is 5.43 Å². The van der Waals surface area contributed by atoms with Crippen LogP contribution in [0.2, 0.25) is 0 Å². The highest BCUT2D eigenvalue weighted by molar-refractivity contribution is 8.00. The SMILES string of the molecule is CCC(Sc1ccc(C)cc1)C(=O)NN. The molecule has 4 heteroatoms. The molecule has 0 aromatic heterocycles. The van der Waals surface area contributed by atoms with E-state index >= 15 is 0 Å². The summed E-state index contributed by atoms with van der Waals surface area (Å²) in [5.74, 6) is 4.99. The average molecular weight is 224 g/mol. The van der Waals surface area contributed by atoms with Crippen molar-refractivity contribution in [3.63, 3.8) is 0 Å². The molecule has 1 aromatic carbocycles. The molecule has 0 aliphatic heterocycles. The lowest BCUT2D eigenvalue weighted by molar-refractivity contribution is -0.120. The molecule has 3 N–H and O–H groups in total. The minimum Gasteiger partial charge on any atom is -0.293 e. The first kappa shape index (κ1) is 12.1. The van der Waals surface area contributed by atoms with Crippen molar-refractivity contribution >= 4 is 17.7 Å². The molecule has 0 fully saturated rings. The topological polar surface area (TPSA) is 55.1 Å². The first-order valence-corrected chi connectivity index (χ1v) is 5.79. The van der Waals surface area contributed by atoms with Gasteiger partial charge >= 0.3 is 0 Å². The highest BCUT2D eigenvalue weighted by Crippen LogP contribution is 2.25. The normalized spacial score (nSPS) is 12.2. The Balaban J connectivity index is 2.66. The van der Waals surface area contributed by atoms with Gasteiger partial charge < -0.3 is 0 Å². The van der Waals surface area contributed by atoms with Gasteiger partial charge in [-0.05, 0) is 25.5 Å². The van der Waals surface area contributed by atoms with Crippen LogP contribution in [0.3, 0.4) is 0 Å². The maximum atomic E-state index is 11.4. The van der Waals surface area contributed by atoms with E-state index in [4.69, 9.17) is 5.84 Å². The summed E-state index contributed by atoms with van der Waals surface area (Å²) < 4.78 is 0. The summed E-state index contributed by atoms with van der Waals surface area (Å²) in [7, 11) is 0. The molecular weight excluding hydrogens is 208 g/mol. The van der Waals surface area contributed by atoms with Gasteiger partial charge in [-0.2, -0.15) is 0 Å². The summed E-state index contributed by atoms with van der Waals surface area (Å²) in [6, 6.07) is 8.11. The number of aryl methyl sites for hydroxylation is 1. The van der Waals surface area contributed by atoms with Crippen LogP contribution >= 0.6 is 11.8 Å². The molecule has 0 bridgehead atoms. The van der Waals surface area contributed by atoms with Gasteiger partial charge in [0.1, 0.15) is 0 Å². The van der Waals surface area contributed by atoms with Gasteiger partial charge in [0.25, 0.3) is 0 Å². The molecule has 0 radical (unpaired) electrons. The van der Waals surface area contributed by atoms with E-state index in [0.717, 1.165) is 11.3 Å². The van der Waals surface area contributed by atoms with Crippen molar-refractivity contribution in [1.82, 2.24) is 5.43 Å². The number of carbonyl (C=O) groups is 1. The van der Waals surface area contributed by atoms with Crippen molar-refractivity contribution in [1.29, 1.82) is 0 Å². The van der Waals surface area contributed by atoms with E-state index in [-0.39, 0.29) is 11.2 Å². The lowest BCUT2D eigenvalue weighted by Crippen LogP contribution is -2.37. The van der Waals surface area contributed by atoms with E-state index in [1.807, 2.05) is 38.1 Å². The van der Waals surface area contributed by atoms with Crippen LogP contribution in [0.4, 0.5) is 0 Å². The summed E-state index contributed by atoms with van der Waals surface area (Å²) in [6.07, 6.45) is 0.765. The summed E-state index contributed by atoms with van der Waals surface area (Å²) in [5.41, 5.74) is 3.41. The Morgan fingerprint density at radius 2 is 2.07 bits per heavy atom. The van der Waals surface area contributed by atoms with Crippen LogP contribution < -0.4 is 11.3 Å². The standard InChI is InChI=1S/C11H16N2OS/c1-3-10(11(14)13-12)15-9-6-4-8(2)5-7-9/h4-7,10H,3,12H2,1-2H3,(H,13,14). The maximum Gasteiger partial charge on any atom is 0.247 e. The first-order valence-electron chi connectivity index (χ1n) is 4.91. The summed E-state index contributed by atoms with van der Waals surface area (Å²) in [5, 5.41) is -0.113. The van der Waals surface area contributed by atoms with E-state index in [0.29, 0.717) is 0 Å². The van der Waals surface area contributed by atoms with Gasteiger partial charge in [-0.1, -0.05) is 24.6 Å². The monoisotopic (exact) mass is 224 g/mol. The average Bonchev–Trinajstić information content (AvgIpc) is 2.27. The second-order valence-electron chi connectivity index (χ2n) is 3.34. The molecule has 0 saturated heterocycles. The highest BCUT2D eigenvalue weighted by Gasteiger charge is 2.16. The summed E-state index contributed by atoms with van der Waals surface area (Å²) in [4.78, 5) is 12.5. The van der Waals surface area contributed by atoms with Crippen molar-refractivity contribution in [3.05, 3.63) is 29.8 Å². The van der Waals surface area contributed by atoms with Crippen LogP contribution in [-0.2, 0) is 4.79 Å². The molecule has 1 atom stereocenters. The third-order valence-electron chi connectivity index (χ3n) is 2.10. The molecule has 0 aliphatic rings. The van der Waals surface area contributed by atoms with Gasteiger partial charge in [0.2, 0.25) is 5.91 Å². The van der Waals surface area contributed by atoms with Crippen molar-refractivity contribution in [2.45, 2.75) is 30.4 Å². The van der Waals surface area contributed by atoms with Crippen molar-refractivity contribution in [3.8, 4) is 0 Å². The van der Waals surface area contributed by atoms with Crippen molar-refractivity contribution < 1.29 is 4.79 Å². The second-order valence-corrected chi connectivity index (χ2v) is 4.61. The third kappa shape index (κ3) is 3.57. The Morgan fingerprint density at radius 3 is 2.53 bits per heavy atom. The number of nitrogens with one attached hydrogen (secondary N) is 1. The lowest BCUT2D eigenvalue weighted by atomic mass is 10.2. The fraction of sp³-hybridized carbons (Fsp3) is 0.364. The van der Waals surface area contributed by atoms with Gasteiger partial charge in [0.15, 0.2) is 0 Å². The molecule has 0 heterocycles. The van der Waals surface area contributed by atoms with E-state index < -0.39 is 0 Å². The Labute approximate surface area is 94.4 Å². The van der Waals surface area contributed by atoms with Crippen LogP contribution in [-0.4, -0.2) is 11.2 Å². The maximum absolute atomic E-state index is 11.4. The predicted molar refractivity (Wildman–Crippen MR) is 63.4 cm³/mol. The van der Waals surface area contributed by atoms with Crippen molar-refractivity contribution in [2.75, 3.05) is 0 Å². The van der Waals surface area contributed by atoms with E-state index in [1.165, 1.54) is 17.3 Å². The summed E-state index contributed by atoms with van der Waals surface area (Å²) >= 11 is 1.54. The van der Waals surface area contributed by atoms with Crippen LogP contribution in [0.25, 0.3) is 0 Å². The number of carbonyl (C=O) groups excluding carboxylic acids is 1. The third-order valence-corrected chi connectivity index (χ3v) is 3.48. The molecule has 82 valence electrons. The van der Waals surface area contributed by atoms with E-state index in [1.54, 1.807) is 0 Å². The molecule has 1 amide bonds. The number of benzene rings is 1. The van der Waals surface area contributed by atoms with Crippen LogP contribution in [0.15, 0.2) is 29.2 Å². The van der Waals surface area contributed by atoms with Gasteiger partial charge in [0, 0.05) is 4.90 Å². The van der Waals surface area contributed by atoms with Gasteiger partial charge in [0.05, 0.1) is 5.25 Å². The number of nitrogens with two attached hydrogens (primary N) is 1. The molecule has 1 rings (SSSR count). The fourth-order valence-corrected chi connectivity index (χ4v) is 2.16. The molecule has 3 nitrogen and oxygen atoms in total. The first-order chi connectivity index (χ1) is 7.17. The number of hydrogen-bond acceptors (Lipinski definition) is 3. The van der Waals surface area contributed by atoms with Crippen molar-refractivity contribution in [2.24, 2.45) is 5.84 Å². The minimum absolute atomic E-state index is 0.113.